The number of nitrogens with zero attached hydrogens (tertiary/aromatic N) is 1. The van der Waals surface area contributed by atoms with Crippen molar-refractivity contribution >= 4 is 29.3 Å². The zero-order valence-electron chi connectivity index (χ0n) is 10.7. The molecule has 1 aromatic heterocycles. The summed E-state index contributed by atoms with van der Waals surface area (Å²) >= 11 is 5.75. The lowest BCUT2D eigenvalue weighted by molar-refractivity contribution is 0.0635. The maximum absolute atomic E-state index is 11.6. The van der Waals surface area contributed by atoms with Crippen LogP contribution in [0.4, 0.5) is 10.6 Å². The number of carbonyl (C=O) groups excluding carboxylic acids is 2. The number of ketones is 1. The summed E-state index contributed by atoms with van der Waals surface area (Å²) in [6, 6.07) is 1.45. The van der Waals surface area contributed by atoms with Gasteiger partial charge in [0.2, 0.25) is 0 Å². The Morgan fingerprint density at radius 3 is 2.50 bits per heavy atom. The van der Waals surface area contributed by atoms with Gasteiger partial charge in [0.1, 0.15) is 11.4 Å². The molecule has 0 bridgehead atoms. The number of carbonyl (C=O) groups is 2. The quantitative estimate of drug-likeness (QED) is 0.838. The van der Waals surface area contributed by atoms with E-state index in [9.17, 15) is 9.59 Å². The van der Waals surface area contributed by atoms with Crippen LogP contribution in [0.1, 0.15) is 38.1 Å². The van der Waals surface area contributed by atoms with Crippen molar-refractivity contribution in [2.75, 3.05) is 5.32 Å². The lowest BCUT2D eigenvalue weighted by atomic mass is 10.2. The molecule has 0 unspecified atom stereocenters. The number of amides is 1. The van der Waals surface area contributed by atoms with Crippen LogP contribution in [-0.4, -0.2) is 22.5 Å². The van der Waals surface area contributed by atoms with E-state index in [1.807, 2.05) is 0 Å². The van der Waals surface area contributed by atoms with Crippen molar-refractivity contribution in [3.63, 3.8) is 0 Å². The van der Waals surface area contributed by atoms with Crippen LogP contribution in [0, 0.1) is 0 Å². The van der Waals surface area contributed by atoms with E-state index in [1.165, 1.54) is 19.2 Å². The van der Waals surface area contributed by atoms with E-state index < -0.39 is 11.7 Å². The summed E-state index contributed by atoms with van der Waals surface area (Å²) in [5, 5.41) is 2.75. The minimum absolute atomic E-state index is 0.140. The SMILES string of the molecule is CC(=O)c1cc(Cl)cnc1NC(=O)OC(C)(C)C. The number of ether oxygens (including phenoxy) is 1. The fourth-order valence-electron chi connectivity index (χ4n) is 1.21. The molecule has 98 valence electrons. The number of hydrogen-bond donors (Lipinski definition) is 1. The third kappa shape index (κ3) is 4.33. The summed E-state index contributed by atoms with van der Waals surface area (Å²) in [6.07, 6.45) is 0.681. The largest absolute Gasteiger partial charge is 0.444 e. The van der Waals surface area contributed by atoms with Crippen molar-refractivity contribution in [3.8, 4) is 0 Å². The predicted octanol–water partition coefficient (Wildman–Crippen LogP) is 3.28. The summed E-state index contributed by atoms with van der Waals surface area (Å²) in [5.74, 6) is -0.0998. The van der Waals surface area contributed by atoms with Crippen LogP contribution in [0.15, 0.2) is 12.3 Å². The monoisotopic (exact) mass is 270 g/mol. The van der Waals surface area contributed by atoms with Crippen LogP contribution < -0.4 is 5.32 Å². The molecule has 0 aliphatic carbocycles. The van der Waals surface area contributed by atoms with Gasteiger partial charge in [0, 0.05) is 6.20 Å². The molecule has 18 heavy (non-hydrogen) atoms. The average Bonchev–Trinajstić information content (AvgIpc) is 2.17. The smallest absolute Gasteiger partial charge is 0.413 e. The van der Waals surface area contributed by atoms with Gasteiger partial charge in [0.05, 0.1) is 10.6 Å². The van der Waals surface area contributed by atoms with E-state index in [0.29, 0.717) is 5.02 Å². The predicted molar refractivity (Wildman–Crippen MR) is 69.1 cm³/mol. The van der Waals surface area contributed by atoms with Gasteiger partial charge in [-0.3, -0.25) is 10.1 Å². The van der Waals surface area contributed by atoms with Gasteiger partial charge in [0.25, 0.3) is 0 Å². The lowest BCUT2D eigenvalue weighted by Gasteiger charge is -2.19. The molecule has 0 radical (unpaired) electrons. The fraction of sp³-hybridized carbons (Fsp3) is 0.417. The van der Waals surface area contributed by atoms with Crippen molar-refractivity contribution in [2.45, 2.75) is 33.3 Å². The number of halogens is 1. The van der Waals surface area contributed by atoms with E-state index in [0.717, 1.165) is 0 Å². The van der Waals surface area contributed by atoms with Gasteiger partial charge in [-0.2, -0.15) is 0 Å². The van der Waals surface area contributed by atoms with E-state index in [1.54, 1.807) is 20.8 Å². The summed E-state index contributed by atoms with van der Waals surface area (Å²) in [6.45, 7) is 6.60. The highest BCUT2D eigenvalue weighted by molar-refractivity contribution is 6.31. The van der Waals surface area contributed by atoms with Gasteiger partial charge in [0.15, 0.2) is 5.78 Å². The summed E-state index contributed by atoms with van der Waals surface area (Å²) in [5.41, 5.74) is -0.374. The Balaban J connectivity index is 2.91. The Kier molecular flexibility index (Phi) is 4.29. The van der Waals surface area contributed by atoms with Crippen molar-refractivity contribution in [1.82, 2.24) is 4.98 Å². The van der Waals surface area contributed by atoms with Crippen LogP contribution in [0.25, 0.3) is 0 Å². The highest BCUT2D eigenvalue weighted by Gasteiger charge is 2.18. The van der Waals surface area contributed by atoms with Crippen molar-refractivity contribution in [2.24, 2.45) is 0 Å². The Morgan fingerprint density at radius 1 is 1.39 bits per heavy atom. The molecular formula is C12H15ClN2O3. The molecule has 0 atom stereocenters. The van der Waals surface area contributed by atoms with Crippen LogP contribution >= 0.6 is 11.6 Å². The topological polar surface area (TPSA) is 68.3 Å². The number of nitrogens with one attached hydrogen (secondary N) is 1. The van der Waals surface area contributed by atoms with E-state index >= 15 is 0 Å². The molecule has 0 fully saturated rings. The third-order valence-electron chi connectivity index (χ3n) is 1.85. The third-order valence-corrected chi connectivity index (χ3v) is 2.06. The Labute approximate surface area is 110 Å². The first-order valence-electron chi connectivity index (χ1n) is 5.35. The summed E-state index contributed by atoms with van der Waals surface area (Å²) in [4.78, 5) is 26.9. The van der Waals surface area contributed by atoms with Crippen molar-refractivity contribution in [3.05, 3.63) is 22.8 Å². The van der Waals surface area contributed by atoms with Gasteiger partial charge in [-0.15, -0.1) is 0 Å². The fourth-order valence-corrected chi connectivity index (χ4v) is 1.37. The molecule has 0 aromatic carbocycles. The normalized spacial score (nSPS) is 10.9. The molecule has 1 heterocycles. The lowest BCUT2D eigenvalue weighted by Crippen LogP contribution is -2.28. The number of pyridine rings is 1. The molecule has 0 aliphatic rings. The molecule has 0 aliphatic heterocycles. The number of aromatic nitrogens is 1. The second-order valence-electron chi connectivity index (χ2n) is 4.73. The van der Waals surface area contributed by atoms with Crippen LogP contribution in [-0.2, 0) is 4.74 Å². The first kappa shape index (κ1) is 14.4. The zero-order valence-corrected chi connectivity index (χ0v) is 11.5. The van der Waals surface area contributed by atoms with Gasteiger partial charge in [-0.25, -0.2) is 9.78 Å². The molecule has 5 nitrogen and oxygen atoms in total. The maximum atomic E-state index is 11.6. The molecule has 1 amide bonds. The highest BCUT2D eigenvalue weighted by atomic mass is 35.5. The number of hydrogen-bond acceptors (Lipinski definition) is 4. The van der Waals surface area contributed by atoms with Gasteiger partial charge in [-0.1, -0.05) is 11.6 Å². The van der Waals surface area contributed by atoms with Crippen LogP contribution in [0.2, 0.25) is 5.02 Å². The van der Waals surface area contributed by atoms with E-state index in [2.05, 4.69) is 10.3 Å². The van der Waals surface area contributed by atoms with Gasteiger partial charge < -0.3 is 4.74 Å². The van der Waals surface area contributed by atoms with Gasteiger partial charge >= 0.3 is 6.09 Å². The average molecular weight is 271 g/mol. The second kappa shape index (κ2) is 5.35. The molecule has 0 saturated carbocycles. The van der Waals surface area contributed by atoms with E-state index in [-0.39, 0.29) is 17.2 Å². The number of Topliss-reactive ketones (excluding diaryl/α,β-unsaturated/α-hetero) is 1. The highest BCUT2D eigenvalue weighted by Crippen LogP contribution is 2.19. The Hall–Kier alpha value is -1.62. The summed E-state index contributed by atoms with van der Waals surface area (Å²) < 4.78 is 5.07. The van der Waals surface area contributed by atoms with Crippen molar-refractivity contribution < 1.29 is 14.3 Å². The molecule has 0 saturated heterocycles. The van der Waals surface area contributed by atoms with Crippen molar-refractivity contribution in [1.29, 1.82) is 0 Å². The number of anilines is 1. The Bertz CT molecular complexity index is 481. The Morgan fingerprint density at radius 2 is 2.00 bits per heavy atom. The summed E-state index contributed by atoms with van der Waals surface area (Å²) in [7, 11) is 0. The standard InChI is InChI=1S/C12H15ClN2O3/c1-7(16)9-5-8(13)6-14-10(9)15-11(17)18-12(2,3)4/h5-6H,1-4H3,(H,14,15,17). The minimum atomic E-state index is -0.667. The molecule has 1 rings (SSSR count). The van der Waals surface area contributed by atoms with Crippen LogP contribution in [0.5, 0.6) is 0 Å². The van der Waals surface area contributed by atoms with Gasteiger partial charge in [-0.05, 0) is 33.8 Å². The minimum Gasteiger partial charge on any atom is -0.444 e. The van der Waals surface area contributed by atoms with E-state index in [4.69, 9.17) is 16.3 Å². The molecule has 6 heteroatoms. The first-order chi connectivity index (χ1) is 8.19. The maximum Gasteiger partial charge on any atom is 0.413 e. The van der Waals surface area contributed by atoms with Crippen LogP contribution in [0.3, 0.4) is 0 Å². The molecule has 1 aromatic rings. The first-order valence-corrected chi connectivity index (χ1v) is 5.73. The molecule has 0 spiro atoms. The second-order valence-corrected chi connectivity index (χ2v) is 5.17. The molecule has 1 N–H and O–H groups in total. The zero-order chi connectivity index (χ0) is 13.9. The molecular weight excluding hydrogens is 256 g/mol. The number of rotatable bonds is 2.